The highest BCUT2D eigenvalue weighted by molar-refractivity contribution is 5.85. The van der Waals surface area contributed by atoms with E-state index in [1.165, 1.54) is 5.56 Å². The molecule has 2 fully saturated rings. The van der Waals surface area contributed by atoms with Crippen LogP contribution in [0.25, 0.3) is 11.0 Å². The summed E-state index contributed by atoms with van der Waals surface area (Å²) < 4.78 is 7.52. The van der Waals surface area contributed by atoms with E-state index in [1.807, 2.05) is 4.57 Å². The van der Waals surface area contributed by atoms with Crippen molar-refractivity contribution in [1.29, 1.82) is 0 Å². The number of aromatic nitrogens is 2. The van der Waals surface area contributed by atoms with Crippen molar-refractivity contribution in [2.45, 2.75) is 51.1 Å². The number of benzene rings is 1. The summed E-state index contributed by atoms with van der Waals surface area (Å²) in [5.74, 6) is 0. The van der Waals surface area contributed by atoms with E-state index < -0.39 is 0 Å². The molecule has 25 heavy (non-hydrogen) atoms. The fraction of sp³-hybridized carbons (Fsp3) is 0.632. The lowest BCUT2D eigenvalue weighted by molar-refractivity contribution is -0.0312. The molecule has 1 aromatic carbocycles. The van der Waals surface area contributed by atoms with Gasteiger partial charge in [0.15, 0.2) is 0 Å². The lowest BCUT2D eigenvalue weighted by Crippen LogP contribution is -2.53. The maximum atomic E-state index is 12.5. The topological polar surface area (TPSA) is 50.3 Å². The Labute approximate surface area is 154 Å². The van der Waals surface area contributed by atoms with Crippen molar-refractivity contribution in [3.05, 3.63) is 34.2 Å². The Balaban J connectivity index is 0.00000182. The van der Waals surface area contributed by atoms with Gasteiger partial charge in [-0.3, -0.25) is 9.47 Å². The molecular weight excluding hydrogens is 338 g/mol. The number of hydrogen-bond acceptors (Lipinski definition) is 3. The van der Waals surface area contributed by atoms with Crippen molar-refractivity contribution in [3.8, 4) is 0 Å². The first-order valence-corrected chi connectivity index (χ1v) is 9.10. The number of piperidine rings is 1. The molecule has 0 unspecified atom stereocenters. The second-order valence-electron chi connectivity index (χ2n) is 7.65. The smallest absolute Gasteiger partial charge is 0.326 e. The summed E-state index contributed by atoms with van der Waals surface area (Å²) in [5.41, 5.74) is 3.48. The predicted octanol–water partition coefficient (Wildman–Crippen LogP) is 3.27. The van der Waals surface area contributed by atoms with Crippen LogP contribution in [0, 0.1) is 6.92 Å². The van der Waals surface area contributed by atoms with E-state index in [4.69, 9.17) is 4.74 Å². The van der Waals surface area contributed by atoms with Gasteiger partial charge >= 0.3 is 5.69 Å². The van der Waals surface area contributed by atoms with Crippen LogP contribution in [0.1, 0.15) is 44.2 Å². The molecule has 2 aromatic rings. The van der Waals surface area contributed by atoms with Crippen LogP contribution in [-0.4, -0.2) is 46.3 Å². The average Bonchev–Trinajstić information content (AvgIpc) is 2.90. The van der Waals surface area contributed by atoms with Gasteiger partial charge in [-0.15, -0.1) is 12.4 Å². The minimum absolute atomic E-state index is 0. The number of H-pyrrole nitrogens is 1. The van der Waals surface area contributed by atoms with Gasteiger partial charge in [0, 0.05) is 37.9 Å². The Kier molecular flexibility index (Phi) is 5.28. The predicted molar refractivity (Wildman–Crippen MR) is 103 cm³/mol. The molecule has 2 aliphatic rings. The van der Waals surface area contributed by atoms with Gasteiger partial charge in [-0.1, -0.05) is 6.07 Å². The molecule has 1 aromatic heterocycles. The second-order valence-corrected chi connectivity index (χ2v) is 7.65. The summed E-state index contributed by atoms with van der Waals surface area (Å²) in [6.07, 6.45) is 4.31. The zero-order valence-electron chi connectivity index (χ0n) is 15.1. The molecule has 0 amide bonds. The number of aryl methyl sites for hydroxylation is 1. The molecule has 4 rings (SSSR count). The van der Waals surface area contributed by atoms with E-state index in [9.17, 15) is 4.79 Å². The number of halogens is 1. The zero-order chi connectivity index (χ0) is 16.7. The number of hydrogen-bond donors (Lipinski definition) is 1. The van der Waals surface area contributed by atoms with Crippen LogP contribution in [0.2, 0.25) is 0 Å². The first-order valence-electron chi connectivity index (χ1n) is 9.10. The van der Waals surface area contributed by atoms with Gasteiger partial charge in [-0.05, 0) is 57.2 Å². The van der Waals surface area contributed by atoms with Crippen molar-refractivity contribution in [3.63, 3.8) is 0 Å². The zero-order valence-corrected chi connectivity index (χ0v) is 15.9. The molecule has 0 spiro atoms. The standard InChI is InChI=1S/C19H27N3O2.ClH/c1-14-3-4-17-16(13-14)20-18(23)22(17)15-5-9-21(10-6-15)19(2)7-11-24-12-8-19;/h3-4,13,15H,5-12H2,1-2H3,(H,20,23);1H. The van der Waals surface area contributed by atoms with Gasteiger partial charge < -0.3 is 9.72 Å². The van der Waals surface area contributed by atoms with Crippen molar-refractivity contribution in [2.24, 2.45) is 0 Å². The largest absolute Gasteiger partial charge is 0.381 e. The Morgan fingerprint density at radius 2 is 1.88 bits per heavy atom. The van der Waals surface area contributed by atoms with Crippen LogP contribution in [0.15, 0.2) is 23.0 Å². The van der Waals surface area contributed by atoms with Crippen molar-refractivity contribution in [1.82, 2.24) is 14.5 Å². The molecule has 0 saturated carbocycles. The summed E-state index contributed by atoms with van der Waals surface area (Å²) in [5, 5.41) is 0. The van der Waals surface area contributed by atoms with E-state index in [2.05, 4.69) is 41.9 Å². The highest BCUT2D eigenvalue weighted by Gasteiger charge is 2.36. The molecule has 1 N–H and O–H groups in total. The van der Waals surface area contributed by atoms with Crippen molar-refractivity contribution >= 4 is 23.4 Å². The van der Waals surface area contributed by atoms with E-state index in [0.29, 0.717) is 6.04 Å². The summed E-state index contributed by atoms with van der Waals surface area (Å²) in [6.45, 7) is 8.30. The molecule has 138 valence electrons. The molecule has 2 aliphatic heterocycles. The molecule has 5 nitrogen and oxygen atoms in total. The van der Waals surface area contributed by atoms with Gasteiger partial charge in [-0.25, -0.2) is 4.79 Å². The van der Waals surface area contributed by atoms with Crippen molar-refractivity contribution < 1.29 is 4.74 Å². The van der Waals surface area contributed by atoms with Crippen LogP contribution >= 0.6 is 12.4 Å². The van der Waals surface area contributed by atoms with Crippen LogP contribution in [0.4, 0.5) is 0 Å². The van der Waals surface area contributed by atoms with Crippen LogP contribution in [0.5, 0.6) is 0 Å². The number of imidazole rings is 1. The Hall–Kier alpha value is -1.30. The monoisotopic (exact) mass is 365 g/mol. The van der Waals surface area contributed by atoms with E-state index in [-0.39, 0.29) is 23.6 Å². The average molecular weight is 366 g/mol. The molecular formula is C19H28ClN3O2. The number of likely N-dealkylation sites (tertiary alicyclic amines) is 1. The number of nitrogens with zero attached hydrogens (tertiary/aromatic N) is 2. The van der Waals surface area contributed by atoms with Gasteiger partial charge in [0.1, 0.15) is 0 Å². The van der Waals surface area contributed by atoms with E-state index in [0.717, 1.165) is 63.0 Å². The third kappa shape index (κ3) is 3.37. The third-order valence-electron chi connectivity index (χ3n) is 6.04. The normalized spacial score (nSPS) is 22.0. The molecule has 6 heteroatoms. The van der Waals surface area contributed by atoms with Gasteiger partial charge in [-0.2, -0.15) is 0 Å². The lowest BCUT2D eigenvalue weighted by Gasteiger charge is -2.47. The van der Waals surface area contributed by atoms with E-state index in [1.54, 1.807) is 0 Å². The Morgan fingerprint density at radius 3 is 2.56 bits per heavy atom. The quantitative estimate of drug-likeness (QED) is 0.888. The van der Waals surface area contributed by atoms with Crippen LogP contribution in [-0.2, 0) is 4.74 Å². The molecule has 0 radical (unpaired) electrons. The Morgan fingerprint density at radius 1 is 1.20 bits per heavy atom. The maximum absolute atomic E-state index is 12.5. The molecule has 3 heterocycles. The first-order chi connectivity index (χ1) is 11.6. The molecule has 0 bridgehead atoms. The number of nitrogens with one attached hydrogen (secondary N) is 1. The number of ether oxygens (including phenoxy) is 1. The van der Waals surface area contributed by atoms with Crippen LogP contribution in [0.3, 0.4) is 0 Å². The fourth-order valence-corrected chi connectivity index (χ4v) is 4.40. The molecule has 0 aliphatic carbocycles. The summed E-state index contributed by atoms with van der Waals surface area (Å²) >= 11 is 0. The van der Waals surface area contributed by atoms with Crippen molar-refractivity contribution in [2.75, 3.05) is 26.3 Å². The second kappa shape index (κ2) is 7.14. The van der Waals surface area contributed by atoms with Crippen LogP contribution < -0.4 is 5.69 Å². The van der Waals surface area contributed by atoms with E-state index >= 15 is 0 Å². The highest BCUT2D eigenvalue weighted by atomic mass is 35.5. The molecule has 2 saturated heterocycles. The summed E-state index contributed by atoms with van der Waals surface area (Å²) in [6, 6.07) is 6.53. The third-order valence-corrected chi connectivity index (χ3v) is 6.04. The highest BCUT2D eigenvalue weighted by Crippen LogP contribution is 2.33. The fourth-order valence-electron chi connectivity index (χ4n) is 4.40. The van der Waals surface area contributed by atoms with Gasteiger partial charge in [0.2, 0.25) is 0 Å². The number of rotatable bonds is 2. The maximum Gasteiger partial charge on any atom is 0.326 e. The SMILES string of the molecule is Cc1ccc2c(c1)[nH]c(=O)n2C1CCN(C2(C)CCOCC2)CC1.Cl. The minimum atomic E-state index is 0. The summed E-state index contributed by atoms with van der Waals surface area (Å²) in [7, 11) is 0. The lowest BCUT2D eigenvalue weighted by atomic mass is 9.87. The van der Waals surface area contributed by atoms with Gasteiger partial charge in [0.25, 0.3) is 0 Å². The number of fused-ring (bicyclic) bond motifs is 1. The minimum Gasteiger partial charge on any atom is -0.381 e. The Bertz CT molecular complexity index is 784. The summed E-state index contributed by atoms with van der Waals surface area (Å²) in [4.78, 5) is 18.1. The number of aromatic amines is 1. The first kappa shape index (κ1) is 18.5. The van der Waals surface area contributed by atoms with Gasteiger partial charge in [0.05, 0.1) is 11.0 Å². The molecule has 0 atom stereocenters.